The van der Waals surface area contributed by atoms with Crippen molar-refractivity contribution >= 4 is 11.9 Å². The number of hydrogen-bond acceptors (Lipinski definition) is 4. The highest BCUT2D eigenvalue weighted by molar-refractivity contribution is 6.14. The topological polar surface area (TPSA) is 48.7 Å². The van der Waals surface area contributed by atoms with Gasteiger partial charge in [-0.1, -0.05) is 0 Å². The maximum Gasteiger partial charge on any atom is 0.232 e. The number of allylic oxidation sites excluding steroid dienone is 1. The Morgan fingerprint density at radius 1 is 1.19 bits per heavy atom. The third-order valence-corrected chi connectivity index (χ3v) is 3.37. The Hall–Kier alpha value is -2.49. The van der Waals surface area contributed by atoms with Crippen LogP contribution in [0, 0.1) is 13.8 Å². The highest BCUT2D eigenvalue weighted by atomic mass is 16.5. The van der Waals surface area contributed by atoms with Gasteiger partial charge in [-0.25, -0.2) is 0 Å². The molecule has 0 N–H and O–H groups in total. The predicted octanol–water partition coefficient (Wildman–Crippen LogP) is 3.91. The first-order valence-corrected chi connectivity index (χ1v) is 6.87. The maximum absolute atomic E-state index is 12.4. The van der Waals surface area contributed by atoms with E-state index in [2.05, 4.69) is 0 Å². The monoisotopic (exact) mass is 284 g/mol. The Morgan fingerprint density at radius 2 is 2.00 bits per heavy atom. The lowest BCUT2D eigenvalue weighted by molar-refractivity contribution is 0.101. The summed E-state index contributed by atoms with van der Waals surface area (Å²) in [5.74, 6) is 2.84. The zero-order valence-corrected chi connectivity index (χ0v) is 12.2. The van der Waals surface area contributed by atoms with E-state index in [9.17, 15) is 4.79 Å². The Kier molecular flexibility index (Phi) is 3.29. The van der Waals surface area contributed by atoms with Gasteiger partial charge in [-0.15, -0.1) is 0 Å². The average molecular weight is 284 g/mol. The third-order valence-electron chi connectivity index (χ3n) is 3.37. The highest BCUT2D eigenvalue weighted by Crippen LogP contribution is 2.39. The summed E-state index contributed by atoms with van der Waals surface area (Å²) < 4.78 is 16.7. The largest absolute Gasteiger partial charge is 0.493 e. The minimum Gasteiger partial charge on any atom is -0.493 e. The summed E-state index contributed by atoms with van der Waals surface area (Å²) >= 11 is 0. The standard InChI is InChI=1S/C17H16O4/c1-4-19-14-8-7-13-16(18)15(21-17(13)11(14)3)9-12-6-5-10(2)20-12/h5-9H,4H2,1-3H3/b15-9-. The van der Waals surface area contributed by atoms with Gasteiger partial charge < -0.3 is 13.9 Å². The van der Waals surface area contributed by atoms with Crippen molar-refractivity contribution < 1.29 is 18.7 Å². The van der Waals surface area contributed by atoms with E-state index < -0.39 is 0 Å². The number of benzene rings is 1. The first kappa shape index (κ1) is 13.5. The molecule has 2 aromatic rings. The molecule has 21 heavy (non-hydrogen) atoms. The number of carbonyl (C=O) groups excluding carboxylic acids is 1. The van der Waals surface area contributed by atoms with Gasteiger partial charge in [0.05, 0.1) is 12.2 Å². The van der Waals surface area contributed by atoms with E-state index in [0.29, 0.717) is 23.7 Å². The summed E-state index contributed by atoms with van der Waals surface area (Å²) in [7, 11) is 0. The summed E-state index contributed by atoms with van der Waals surface area (Å²) in [5, 5.41) is 0. The fourth-order valence-electron chi connectivity index (χ4n) is 2.34. The van der Waals surface area contributed by atoms with Crippen LogP contribution in [0.4, 0.5) is 0 Å². The molecule has 0 saturated carbocycles. The van der Waals surface area contributed by atoms with Crippen LogP contribution in [0.25, 0.3) is 6.08 Å². The average Bonchev–Trinajstić information content (AvgIpc) is 3.00. The molecule has 1 aromatic carbocycles. The molecule has 0 atom stereocenters. The summed E-state index contributed by atoms with van der Waals surface area (Å²) in [5.41, 5.74) is 1.40. The van der Waals surface area contributed by atoms with E-state index in [1.807, 2.05) is 26.8 Å². The van der Waals surface area contributed by atoms with Gasteiger partial charge in [0.2, 0.25) is 5.78 Å². The van der Waals surface area contributed by atoms with Crippen LogP contribution in [0.15, 0.2) is 34.4 Å². The van der Waals surface area contributed by atoms with Gasteiger partial charge in [0.1, 0.15) is 23.0 Å². The smallest absolute Gasteiger partial charge is 0.232 e. The fourth-order valence-corrected chi connectivity index (χ4v) is 2.34. The Bertz CT molecular complexity index is 737. The van der Waals surface area contributed by atoms with Crippen LogP contribution in [-0.4, -0.2) is 12.4 Å². The molecular weight excluding hydrogens is 268 g/mol. The van der Waals surface area contributed by atoms with Crippen molar-refractivity contribution in [3.8, 4) is 11.5 Å². The van der Waals surface area contributed by atoms with E-state index in [4.69, 9.17) is 13.9 Å². The minimum absolute atomic E-state index is 0.134. The predicted molar refractivity (Wildman–Crippen MR) is 78.7 cm³/mol. The second kappa shape index (κ2) is 5.13. The molecule has 0 amide bonds. The maximum atomic E-state index is 12.4. The van der Waals surface area contributed by atoms with Crippen molar-refractivity contribution in [2.75, 3.05) is 6.61 Å². The molecule has 1 aromatic heterocycles. The lowest BCUT2D eigenvalue weighted by Gasteiger charge is -2.09. The first-order chi connectivity index (χ1) is 10.1. The number of ether oxygens (including phenoxy) is 2. The van der Waals surface area contributed by atoms with Crippen LogP contribution < -0.4 is 9.47 Å². The van der Waals surface area contributed by atoms with E-state index in [1.54, 1.807) is 24.3 Å². The second-order valence-electron chi connectivity index (χ2n) is 4.89. The van der Waals surface area contributed by atoms with Gasteiger partial charge in [0.15, 0.2) is 5.76 Å². The zero-order chi connectivity index (χ0) is 15.0. The van der Waals surface area contributed by atoms with Crippen molar-refractivity contribution in [2.45, 2.75) is 20.8 Å². The van der Waals surface area contributed by atoms with Crippen LogP contribution in [0.3, 0.4) is 0 Å². The summed E-state index contributed by atoms with van der Waals surface area (Å²) in [6, 6.07) is 7.20. The number of fused-ring (bicyclic) bond motifs is 1. The molecule has 108 valence electrons. The molecule has 0 bridgehead atoms. The van der Waals surface area contributed by atoms with Crippen LogP contribution in [0.2, 0.25) is 0 Å². The Labute approximate surface area is 123 Å². The quantitative estimate of drug-likeness (QED) is 0.802. The Morgan fingerprint density at radius 3 is 2.67 bits per heavy atom. The van der Waals surface area contributed by atoms with Crippen LogP contribution >= 0.6 is 0 Å². The van der Waals surface area contributed by atoms with Gasteiger partial charge in [-0.3, -0.25) is 4.79 Å². The molecule has 0 spiro atoms. The molecule has 0 fully saturated rings. The first-order valence-electron chi connectivity index (χ1n) is 6.87. The van der Waals surface area contributed by atoms with E-state index in [1.165, 1.54) is 0 Å². The molecule has 0 aliphatic carbocycles. The number of aryl methyl sites for hydroxylation is 1. The third kappa shape index (κ3) is 2.33. The zero-order valence-electron chi connectivity index (χ0n) is 12.2. The minimum atomic E-state index is -0.134. The molecule has 4 nitrogen and oxygen atoms in total. The molecular formula is C17H16O4. The SMILES string of the molecule is CCOc1ccc2c(c1C)O/C(=C\c1ccc(C)o1)C2=O. The number of rotatable bonds is 3. The van der Waals surface area contributed by atoms with E-state index in [0.717, 1.165) is 17.1 Å². The highest BCUT2D eigenvalue weighted by Gasteiger charge is 2.30. The summed E-state index contributed by atoms with van der Waals surface area (Å²) in [6.45, 7) is 6.23. The molecule has 0 saturated heterocycles. The lowest BCUT2D eigenvalue weighted by Crippen LogP contribution is -1.97. The van der Waals surface area contributed by atoms with Gasteiger partial charge in [-0.2, -0.15) is 0 Å². The van der Waals surface area contributed by atoms with Gasteiger partial charge >= 0.3 is 0 Å². The number of hydrogen-bond donors (Lipinski definition) is 0. The Balaban J connectivity index is 1.98. The van der Waals surface area contributed by atoms with Crippen molar-refractivity contribution in [1.82, 2.24) is 0 Å². The van der Waals surface area contributed by atoms with Crippen LogP contribution in [-0.2, 0) is 0 Å². The molecule has 2 heterocycles. The van der Waals surface area contributed by atoms with Gasteiger partial charge in [-0.05, 0) is 45.0 Å². The number of ketones is 1. The summed E-state index contributed by atoms with van der Waals surface area (Å²) in [4.78, 5) is 12.4. The van der Waals surface area contributed by atoms with E-state index >= 15 is 0 Å². The van der Waals surface area contributed by atoms with Crippen LogP contribution in [0.1, 0.15) is 34.4 Å². The second-order valence-corrected chi connectivity index (χ2v) is 4.89. The summed E-state index contributed by atoms with van der Waals surface area (Å²) in [6.07, 6.45) is 1.62. The lowest BCUT2D eigenvalue weighted by atomic mass is 10.1. The molecule has 0 radical (unpaired) electrons. The number of furan rings is 1. The van der Waals surface area contributed by atoms with Crippen molar-refractivity contribution in [3.63, 3.8) is 0 Å². The molecule has 3 rings (SSSR count). The van der Waals surface area contributed by atoms with Crippen LogP contribution in [0.5, 0.6) is 11.5 Å². The van der Waals surface area contributed by atoms with Gasteiger partial charge in [0.25, 0.3) is 0 Å². The molecule has 4 heteroatoms. The molecule has 1 aliphatic heterocycles. The molecule has 1 aliphatic rings. The van der Waals surface area contributed by atoms with Gasteiger partial charge in [0, 0.05) is 11.6 Å². The number of Topliss-reactive ketones (excluding diaryl/α,β-unsaturated/α-hetero) is 1. The van der Waals surface area contributed by atoms with Crippen molar-refractivity contribution in [3.05, 3.63) is 52.7 Å². The number of carbonyl (C=O) groups is 1. The van der Waals surface area contributed by atoms with E-state index in [-0.39, 0.29) is 11.5 Å². The fraction of sp³-hybridized carbons (Fsp3) is 0.235. The van der Waals surface area contributed by atoms with Crippen molar-refractivity contribution in [2.24, 2.45) is 0 Å². The molecule has 0 unspecified atom stereocenters. The normalized spacial score (nSPS) is 15.2. The van der Waals surface area contributed by atoms with Crippen molar-refractivity contribution in [1.29, 1.82) is 0 Å².